The molecule has 0 heterocycles. The van der Waals surface area contributed by atoms with Gasteiger partial charge in [-0.05, 0) is 48.8 Å². The van der Waals surface area contributed by atoms with Crippen LogP contribution < -0.4 is 10.6 Å². The Morgan fingerprint density at radius 1 is 1.44 bits per heavy atom. The monoisotopic (exact) mass is 330 g/mol. The van der Waals surface area contributed by atoms with Crippen molar-refractivity contribution in [1.29, 1.82) is 0 Å². The molecule has 100 valence electrons. The van der Waals surface area contributed by atoms with Crippen LogP contribution in [0.1, 0.15) is 18.9 Å². The van der Waals surface area contributed by atoms with E-state index in [1.807, 2.05) is 12.1 Å². The van der Waals surface area contributed by atoms with Crippen molar-refractivity contribution in [2.45, 2.75) is 19.8 Å². The summed E-state index contributed by atoms with van der Waals surface area (Å²) in [6.45, 7) is 3.69. The molecular weight excluding hydrogens is 312 g/mol. The fraction of sp³-hybridized carbons (Fsp3) is 0.462. The van der Waals surface area contributed by atoms with Crippen LogP contribution in [0.3, 0.4) is 0 Å². The Bertz CT molecular complexity index is 399. The Morgan fingerprint density at radius 3 is 2.89 bits per heavy atom. The van der Waals surface area contributed by atoms with Gasteiger partial charge in [0.15, 0.2) is 5.11 Å². The zero-order valence-corrected chi connectivity index (χ0v) is 13.2. The van der Waals surface area contributed by atoms with Crippen LogP contribution >= 0.6 is 28.1 Å². The largest absolute Gasteiger partial charge is 0.385 e. The molecule has 0 radical (unpaired) electrons. The van der Waals surface area contributed by atoms with Crippen LogP contribution in [-0.2, 0) is 11.2 Å². The molecular formula is C13H19BrN2OS. The summed E-state index contributed by atoms with van der Waals surface area (Å²) < 4.78 is 6.07. The molecule has 1 rings (SSSR count). The van der Waals surface area contributed by atoms with E-state index in [0.717, 1.165) is 36.2 Å². The molecule has 0 unspecified atom stereocenters. The molecule has 0 aliphatic heterocycles. The van der Waals surface area contributed by atoms with E-state index in [9.17, 15) is 0 Å². The first-order valence-corrected chi connectivity index (χ1v) is 7.19. The smallest absolute Gasteiger partial charge is 0.170 e. The number of hydrogen-bond acceptors (Lipinski definition) is 2. The highest BCUT2D eigenvalue weighted by Crippen LogP contribution is 2.21. The van der Waals surface area contributed by atoms with Gasteiger partial charge in [0, 0.05) is 30.4 Å². The van der Waals surface area contributed by atoms with Gasteiger partial charge in [0.05, 0.1) is 0 Å². The summed E-state index contributed by atoms with van der Waals surface area (Å²) in [4.78, 5) is 0. The van der Waals surface area contributed by atoms with E-state index in [1.54, 1.807) is 7.11 Å². The zero-order valence-electron chi connectivity index (χ0n) is 10.8. The summed E-state index contributed by atoms with van der Waals surface area (Å²) in [5, 5.41) is 7.04. The maximum Gasteiger partial charge on any atom is 0.170 e. The van der Waals surface area contributed by atoms with Gasteiger partial charge in [-0.3, -0.25) is 0 Å². The van der Waals surface area contributed by atoms with Crippen molar-refractivity contribution in [2.24, 2.45) is 0 Å². The van der Waals surface area contributed by atoms with Crippen molar-refractivity contribution in [3.05, 3.63) is 28.2 Å². The summed E-state index contributed by atoms with van der Waals surface area (Å²) in [6, 6.07) is 6.15. The van der Waals surface area contributed by atoms with Crippen molar-refractivity contribution in [1.82, 2.24) is 5.32 Å². The van der Waals surface area contributed by atoms with E-state index in [0.29, 0.717) is 5.11 Å². The standard InChI is InChI=1S/C13H19BrN2OS/c1-3-10-9-11(14)5-6-12(10)16-13(18)15-7-4-8-17-2/h5-6,9H,3-4,7-8H2,1-2H3,(H2,15,16,18). The topological polar surface area (TPSA) is 33.3 Å². The van der Waals surface area contributed by atoms with E-state index in [1.165, 1.54) is 5.56 Å². The summed E-state index contributed by atoms with van der Waals surface area (Å²) in [6.07, 6.45) is 1.91. The number of ether oxygens (including phenoxy) is 1. The Kier molecular flexibility index (Phi) is 7.23. The number of benzene rings is 1. The molecule has 0 aliphatic rings. The van der Waals surface area contributed by atoms with Crippen LogP contribution in [0.5, 0.6) is 0 Å². The molecule has 0 aromatic heterocycles. The molecule has 5 heteroatoms. The van der Waals surface area contributed by atoms with Crippen LogP contribution in [0.4, 0.5) is 5.69 Å². The third kappa shape index (κ3) is 5.33. The van der Waals surface area contributed by atoms with E-state index >= 15 is 0 Å². The number of anilines is 1. The third-order valence-corrected chi connectivity index (χ3v) is 3.25. The van der Waals surface area contributed by atoms with Gasteiger partial charge in [-0.15, -0.1) is 0 Å². The quantitative estimate of drug-likeness (QED) is 0.619. The highest BCUT2D eigenvalue weighted by molar-refractivity contribution is 9.10. The molecule has 1 aromatic rings. The maximum atomic E-state index is 5.25. The number of thiocarbonyl (C=S) groups is 1. The second-order valence-corrected chi connectivity index (χ2v) is 5.21. The lowest BCUT2D eigenvalue weighted by molar-refractivity contribution is 0.196. The van der Waals surface area contributed by atoms with Gasteiger partial charge < -0.3 is 15.4 Å². The summed E-state index contributed by atoms with van der Waals surface area (Å²) in [5.74, 6) is 0. The Morgan fingerprint density at radius 2 is 2.22 bits per heavy atom. The average molecular weight is 331 g/mol. The second kappa shape index (κ2) is 8.45. The van der Waals surface area contributed by atoms with Gasteiger partial charge >= 0.3 is 0 Å². The highest BCUT2D eigenvalue weighted by Gasteiger charge is 2.03. The molecule has 0 amide bonds. The molecule has 0 saturated carbocycles. The zero-order chi connectivity index (χ0) is 13.4. The van der Waals surface area contributed by atoms with Crippen LogP contribution in [-0.4, -0.2) is 25.4 Å². The first-order valence-electron chi connectivity index (χ1n) is 5.99. The molecule has 0 atom stereocenters. The SMILES string of the molecule is CCc1cc(Br)ccc1NC(=S)NCCCOC. The van der Waals surface area contributed by atoms with E-state index in [-0.39, 0.29) is 0 Å². The summed E-state index contributed by atoms with van der Waals surface area (Å²) in [7, 11) is 1.70. The van der Waals surface area contributed by atoms with Crippen molar-refractivity contribution in [3.8, 4) is 0 Å². The lowest BCUT2D eigenvalue weighted by Gasteiger charge is -2.13. The molecule has 18 heavy (non-hydrogen) atoms. The number of halogens is 1. The van der Waals surface area contributed by atoms with E-state index in [4.69, 9.17) is 17.0 Å². The van der Waals surface area contributed by atoms with Gasteiger partial charge in [-0.2, -0.15) is 0 Å². The Hall–Kier alpha value is -0.650. The fourth-order valence-electron chi connectivity index (χ4n) is 1.56. The van der Waals surface area contributed by atoms with Crippen LogP contribution in [0, 0.1) is 0 Å². The molecule has 0 bridgehead atoms. The number of hydrogen-bond donors (Lipinski definition) is 2. The summed E-state index contributed by atoms with van der Waals surface area (Å²) in [5.41, 5.74) is 2.30. The van der Waals surface area contributed by atoms with Crippen LogP contribution in [0.25, 0.3) is 0 Å². The van der Waals surface area contributed by atoms with Crippen LogP contribution in [0.15, 0.2) is 22.7 Å². The van der Waals surface area contributed by atoms with Gasteiger partial charge in [0.25, 0.3) is 0 Å². The number of nitrogens with one attached hydrogen (secondary N) is 2. The van der Waals surface area contributed by atoms with Gasteiger partial charge in [-0.1, -0.05) is 22.9 Å². The van der Waals surface area contributed by atoms with Crippen molar-refractivity contribution in [3.63, 3.8) is 0 Å². The highest BCUT2D eigenvalue weighted by atomic mass is 79.9. The predicted octanol–water partition coefficient (Wildman–Crippen LogP) is 3.33. The van der Waals surface area contributed by atoms with Crippen molar-refractivity contribution >= 4 is 38.9 Å². The minimum atomic E-state index is 0.656. The predicted molar refractivity (Wildman–Crippen MR) is 84.2 cm³/mol. The molecule has 0 fully saturated rings. The third-order valence-electron chi connectivity index (χ3n) is 2.51. The van der Waals surface area contributed by atoms with Crippen molar-refractivity contribution < 1.29 is 4.74 Å². The van der Waals surface area contributed by atoms with Crippen molar-refractivity contribution in [2.75, 3.05) is 25.6 Å². The minimum absolute atomic E-state index is 0.656. The molecule has 2 N–H and O–H groups in total. The average Bonchev–Trinajstić information content (AvgIpc) is 2.37. The van der Waals surface area contributed by atoms with E-state index < -0.39 is 0 Å². The molecule has 0 spiro atoms. The van der Waals surface area contributed by atoms with E-state index in [2.05, 4.69) is 39.6 Å². The molecule has 3 nitrogen and oxygen atoms in total. The number of rotatable bonds is 6. The minimum Gasteiger partial charge on any atom is -0.385 e. The Labute approximate surface area is 122 Å². The number of aryl methyl sites for hydroxylation is 1. The molecule has 1 aromatic carbocycles. The first-order chi connectivity index (χ1) is 8.67. The normalized spacial score (nSPS) is 10.2. The van der Waals surface area contributed by atoms with Gasteiger partial charge in [0.2, 0.25) is 0 Å². The molecule has 0 saturated heterocycles. The lowest BCUT2D eigenvalue weighted by atomic mass is 10.1. The Balaban J connectivity index is 2.48. The van der Waals surface area contributed by atoms with Crippen LogP contribution in [0.2, 0.25) is 0 Å². The van der Waals surface area contributed by atoms with Gasteiger partial charge in [-0.25, -0.2) is 0 Å². The maximum absolute atomic E-state index is 5.25. The van der Waals surface area contributed by atoms with Gasteiger partial charge in [0.1, 0.15) is 0 Å². The summed E-state index contributed by atoms with van der Waals surface area (Å²) >= 11 is 8.72. The first kappa shape index (κ1) is 15.4. The molecule has 0 aliphatic carbocycles. The number of methoxy groups -OCH3 is 1. The second-order valence-electron chi connectivity index (χ2n) is 3.88. The fourth-order valence-corrected chi connectivity index (χ4v) is 2.18. The lowest BCUT2D eigenvalue weighted by Crippen LogP contribution is -2.30.